The Morgan fingerprint density at radius 3 is 2.80 bits per heavy atom. The van der Waals surface area contributed by atoms with E-state index in [0.717, 1.165) is 30.6 Å². The molecule has 1 aromatic heterocycles. The maximum Gasteiger partial charge on any atom is 0.241 e. The molecular formula is C23H25FN4O2. The Labute approximate surface area is 175 Å². The fourth-order valence-corrected chi connectivity index (χ4v) is 3.83. The fraction of sp³-hybridized carbons (Fsp3) is 0.348. The maximum atomic E-state index is 13.1. The normalized spacial score (nSPS) is 17.1. The second-order valence-corrected chi connectivity index (χ2v) is 7.90. The number of halogens is 1. The average molecular weight is 408 g/mol. The van der Waals surface area contributed by atoms with Gasteiger partial charge in [0.15, 0.2) is 0 Å². The standard InChI is InChI=1S/C23H25FN4O2/c1-15-5-10-20(16(2)12-15)25-23(29)18-4-3-11-28(13-18)14-21-26-22(27-30-21)17-6-8-19(24)9-7-17/h5-10,12,18H,3-4,11,13-14H2,1-2H3,(H,25,29). The van der Waals surface area contributed by atoms with Gasteiger partial charge in [-0.25, -0.2) is 4.39 Å². The molecule has 0 radical (unpaired) electrons. The molecule has 30 heavy (non-hydrogen) atoms. The molecule has 1 amide bonds. The summed E-state index contributed by atoms with van der Waals surface area (Å²) in [6.45, 7) is 6.05. The van der Waals surface area contributed by atoms with Gasteiger partial charge in [-0.15, -0.1) is 0 Å². The predicted octanol–water partition coefficient (Wildman–Crippen LogP) is 4.34. The summed E-state index contributed by atoms with van der Waals surface area (Å²) >= 11 is 0. The van der Waals surface area contributed by atoms with Gasteiger partial charge >= 0.3 is 0 Å². The van der Waals surface area contributed by atoms with Crippen molar-refractivity contribution in [2.45, 2.75) is 33.2 Å². The molecule has 0 saturated carbocycles. The van der Waals surface area contributed by atoms with Crippen LogP contribution in [0.3, 0.4) is 0 Å². The van der Waals surface area contributed by atoms with Crippen molar-refractivity contribution in [1.82, 2.24) is 15.0 Å². The molecule has 1 fully saturated rings. The van der Waals surface area contributed by atoms with Crippen LogP contribution in [-0.4, -0.2) is 34.0 Å². The Bertz CT molecular complexity index is 1030. The molecular weight excluding hydrogens is 383 g/mol. The van der Waals surface area contributed by atoms with Crippen molar-refractivity contribution in [3.05, 3.63) is 65.3 Å². The minimum absolute atomic E-state index is 0.0455. The van der Waals surface area contributed by atoms with E-state index in [4.69, 9.17) is 4.52 Å². The van der Waals surface area contributed by atoms with Crippen molar-refractivity contribution in [2.24, 2.45) is 5.92 Å². The highest BCUT2D eigenvalue weighted by atomic mass is 19.1. The van der Waals surface area contributed by atoms with Gasteiger partial charge in [0.25, 0.3) is 0 Å². The molecule has 7 heteroatoms. The summed E-state index contributed by atoms with van der Waals surface area (Å²) in [4.78, 5) is 19.4. The lowest BCUT2D eigenvalue weighted by molar-refractivity contribution is -0.121. The average Bonchev–Trinajstić information content (AvgIpc) is 3.19. The first-order valence-electron chi connectivity index (χ1n) is 10.2. The van der Waals surface area contributed by atoms with Crippen LogP contribution in [0.5, 0.6) is 0 Å². The van der Waals surface area contributed by atoms with E-state index in [1.165, 1.54) is 17.7 Å². The largest absolute Gasteiger partial charge is 0.338 e. The topological polar surface area (TPSA) is 71.3 Å². The number of hydrogen-bond donors (Lipinski definition) is 1. The summed E-state index contributed by atoms with van der Waals surface area (Å²) in [5.74, 6) is 0.583. The summed E-state index contributed by atoms with van der Waals surface area (Å²) in [6, 6.07) is 12.0. The molecule has 1 N–H and O–H groups in total. The Hall–Kier alpha value is -3.06. The van der Waals surface area contributed by atoms with Gasteiger partial charge in [0, 0.05) is 17.8 Å². The smallest absolute Gasteiger partial charge is 0.241 e. The highest BCUT2D eigenvalue weighted by Crippen LogP contribution is 2.23. The number of hydrogen-bond acceptors (Lipinski definition) is 5. The number of piperidine rings is 1. The summed E-state index contributed by atoms with van der Waals surface area (Å²) in [7, 11) is 0. The molecule has 1 atom stereocenters. The first-order valence-corrected chi connectivity index (χ1v) is 10.2. The quantitative estimate of drug-likeness (QED) is 0.680. The number of benzene rings is 2. The maximum absolute atomic E-state index is 13.1. The van der Waals surface area contributed by atoms with Crippen LogP contribution >= 0.6 is 0 Å². The van der Waals surface area contributed by atoms with Crippen molar-refractivity contribution < 1.29 is 13.7 Å². The van der Waals surface area contributed by atoms with E-state index < -0.39 is 0 Å². The van der Waals surface area contributed by atoms with Crippen LogP contribution in [0.1, 0.15) is 29.9 Å². The van der Waals surface area contributed by atoms with Crippen molar-refractivity contribution in [2.75, 3.05) is 18.4 Å². The lowest BCUT2D eigenvalue weighted by atomic mass is 9.96. The Morgan fingerprint density at radius 1 is 1.23 bits per heavy atom. The summed E-state index contributed by atoms with van der Waals surface area (Å²) in [6.07, 6.45) is 1.79. The molecule has 1 unspecified atom stereocenters. The number of amides is 1. The third-order valence-corrected chi connectivity index (χ3v) is 5.45. The van der Waals surface area contributed by atoms with Crippen molar-refractivity contribution in [3.63, 3.8) is 0 Å². The molecule has 4 rings (SSSR count). The van der Waals surface area contributed by atoms with Crippen LogP contribution in [0.2, 0.25) is 0 Å². The Morgan fingerprint density at radius 2 is 2.03 bits per heavy atom. The second-order valence-electron chi connectivity index (χ2n) is 7.90. The number of rotatable bonds is 5. The lowest BCUT2D eigenvalue weighted by Gasteiger charge is -2.31. The monoisotopic (exact) mass is 408 g/mol. The van der Waals surface area contributed by atoms with Crippen LogP contribution in [0.25, 0.3) is 11.4 Å². The summed E-state index contributed by atoms with van der Waals surface area (Å²) in [5.41, 5.74) is 3.81. The van der Waals surface area contributed by atoms with Crippen LogP contribution in [0.15, 0.2) is 47.0 Å². The third-order valence-electron chi connectivity index (χ3n) is 5.45. The number of aromatic nitrogens is 2. The highest BCUT2D eigenvalue weighted by molar-refractivity contribution is 5.93. The Balaban J connectivity index is 1.37. The molecule has 1 aliphatic rings. The number of carbonyl (C=O) groups is 1. The molecule has 156 valence electrons. The van der Waals surface area contributed by atoms with E-state index in [9.17, 15) is 9.18 Å². The van der Waals surface area contributed by atoms with Gasteiger partial charge in [0.05, 0.1) is 12.5 Å². The van der Waals surface area contributed by atoms with E-state index in [0.29, 0.717) is 30.4 Å². The first-order chi connectivity index (χ1) is 14.5. The van der Waals surface area contributed by atoms with Crippen LogP contribution in [-0.2, 0) is 11.3 Å². The van der Waals surface area contributed by atoms with Gasteiger partial charge in [0.1, 0.15) is 5.82 Å². The fourth-order valence-electron chi connectivity index (χ4n) is 3.83. The third kappa shape index (κ3) is 4.74. The molecule has 6 nitrogen and oxygen atoms in total. The zero-order valence-electron chi connectivity index (χ0n) is 17.2. The van der Waals surface area contributed by atoms with Crippen molar-refractivity contribution >= 4 is 11.6 Å². The number of nitrogens with zero attached hydrogens (tertiary/aromatic N) is 3. The van der Waals surface area contributed by atoms with Crippen LogP contribution in [0, 0.1) is 25.6 Å². The minimum atomic E-state index is -0.305. The molecule has 0 aliphatic carbocycles. The van der Waals surface area contributed by atoms with Gasteiger partial charge in [-0.3, -0.25) is 9.69 Å². The number of carbonyl (C=O) groups excluding carboxylic acids is 1. The number of aryl methyl sites for hydroxylation is 2. The molecule has 3 aromatic rings. The molecule has 2 heterocycles. The van der Waals surface area contributed by atoms with Gasteiger partial charge in [0.2, 0.25) is 17.6 Å². The van der Waals surface area contributed by atoms with Crippen LogP contribution < -0.4 is 5.32 Å². The predicted molar refractivity (Wildman–Crippen MR) is 112 cm³/mol. The van der Waals surface area contributed by atoms with E-state index in [-0.39, 0.29) is 17.6 Å². The minimum Gasteiger partial charge on any atom is -0.338 e. The van der Waals surface area contributed by atoms with E-state index >= 15 is 0 Å². The summed E-state index contributed by atoms with van der Waals surface area (Å²) in [5, 5.41) is 7.07. The van der Waals surface area contributed by atoms with Crippen molar-refractivity contribution in [3.8, 4) is 11.4 Å². The number of likely N-dealkylation sites (tertiary alicyclic amines) is 1. The number of nitrogens with one attached hydrogen (secondary N) is 1. The molecule has 1 saturated heterocycles. The highest BCUT2D eigenvalue weighted by Gasteiger charge is 2.27. The van der Waals surface area contributed by atoms with Crippen molar-refractivity contribution in [1.29, 1.82) is 0 Å². The molecule has 0 spiro atoms. The second kappa shape index (κ2) is 8.75. The molecule has 1 aliphatic heterocycles. The van der Waals surface area contributed by atoms with Gasteiger partial charge in [-0.1, -0.05) is 22.9 Å². The SMILES string of the molecule is Cc1ccc(NC(=O)C2CCCN(Cc3nc(-c4ccc(F)cc4)no3)C2)c(C)c1. The van der Waals surface area contributed by atoms with Gasteiger partial charge in [-0.05, 0) is 69.1 Å². The van der Waals surface area contributed by atoms with E-state index in [1.807, 2.05) is 26.0 Å². The zero-order valence-corrected chi connectivity index (χ0v) is 17.2. The zero-order chi connectivity index (χ0) is 21.1. The molecule has 2 aromatic carbocycles. The summed E-state index contributed by atoms with van der Waals surface area (Å²) < 4.78 is 18.5. The van der Waals surface area contributed by atoms with Gasteiger partial charge in [-0.2, -0.15) is 4.98 Å². The van der Waals surface area contributed by atoms with Gasteiger partial charge < -0.3 is 9.84 Å². The lowest BCUT2D eigenvalue weighted by Crippen LogP contribution is -2.40. The van der Waals surface area contributed by atoms with E-state index in [2.05, 4.69) is 26.4 Å². The first kappa shape index (κ1) is 20.2. The number of anilines is 1. The Kier molecular flexibility index (Phi) is 5.90. The van der Waals surface area contributed by atoms with E-state index in [1.54, 1.807) is 12.1 Å². The molecule has 0 bridgehead atoms. The van der Waals surface area contributed by atoms with Crippen LogP contribution in [0.4, 0.5) is 10.1 Å².